The number of amides is 2. The average molecular weight is 455 g/mol. The number of para-hydroxylation sites is 1. The molecule has 2 amide bonds. The van der Waals surface area contributed by atoms with Crippen molar-refractivity contribution in [3.63, 3.8) is 0 Å². The largest absolute Gasteiger partial charge is 0.352 e. The van der Waals surface area contributed by atoms with Crippen LogP contribution in [0.25, 0.3) is 0 Å². The minimum atomic E-state index is -0.190. The third-order valence-electron chi connectivity index (χ3n) is 5.56. The highest BCUT2D eigenvalue weighted by atomic mass is 32.1. The van der Waals surface area contributed by atoms with Crippen molar-refractivity contribution in [3.8, 4) is 0 Å². The first-order valence-corrected chi connectivity index (χ1v) is 11.6. The number of rotatable bonds is 6. The lowest BCUT2D eigenvalue weighted by atomic mass is 10.1. The maximum Gasteiger partial charge on any atom is 0.257 e. The van der Waals surface area contributed by atoms with E-state index in [0.29, 0.717) is 29.9 Å². The number of carbonyl (C=O) groups is 2. The number of hydrogen-bond donors (Lipinski definition) is 2. The fraction of sp³-hybridized carbons (Fsp3) is 0.115. The normalized spacial score (nSPS) is 12.4. The summed E-state index contributed by atoms with van der Waals surface area (Å²) in [6, 6.07) is 23.1. The molecule has 5 rings (SSSR count). The Morgan fingerprint density at radius 2 is 1.82 bits per heavy atom. The summed E-state index contributed by atoms with van der Waals surface area (Å²) in [6.07, 6.45) is 2.55. The molecule has 0 spiro atoms. The molecular formula is C26H22N4O2S. The standard InChI is InChI=1S/C26H22N4O2S/c31-25(28-13-12-20-15-27-17-33-20)19-10-11-24-22(14-19)29-26(32)21-8-4-5-9-23(21)30(24)16-18-6-2-1-3-7-18/h1-11,14-15,17H,12-13,16H2,(H,28,31)(H,29,32). The van der Waals surface area contributed by atoms with Crippen LogP contribution in [0.2, 0.25) is 0 Å². The fourth-order valence-electron chi connectivity index (χ4n) is 3.94. The van der Waals surface area contributed by atoms with Gasteiger partial charge in [0.05, 0.1) is 28.1 Å². The summed E-state index contributed by atoms with van der Waals surface area (Å²) < 4.78 is 0. The van der Waals surface area contributed by atoms with E-state index in [1.54, 1.807) is 29.0 Å². The second kappa shape index (κ2) is 9.26. The number of anilines is 3. The van der Waals surface area contributed by atoms with E-state index >= 15 is 0 Å². The Bertz CT molecular complexity index is 1290. The maximum atomic E-state index is 13.0. The number of aromatic nitrogens is 1. The van der Waals surface area contributed by atoms with E-state index in [0.717, 1.165) is 28.2 Å². The molecule has 3 aromatic carbocycles. The Hall–Kier alpha value is -3.97. The predicted octanol–water partition coefficient (Wildman–Crippen LogP) is 5.02. The van der Waals surface area contributed by atoms with Crippen LogP contribution < -0.4 is 15.5 Å². The smallest absolute Gasteiger partial charge is 0.257 e. The molecule has 0 aliphatic carbocycles. The second-order valence-electron chi connectivity index (χ2n) is 7.75. The molecule has 1 aliphatic heterocycles. The number of thiazole rings is 1. The lowest BCUT2D eigenvalue weighted by Gasteiger charge is -2.26. The number of nitrogens with one attached hydrogen (secondary N) is 2. The predicted molar refractivity (Wildman–Crippen MR) is 131 cm³/mol. The number of fused-ring (bicyclic) bond motifs is 2. The third kappa shape index (κ3) is 4.49. The molecule has 6 nitrogen and oxygen atoms in total. The van der Waals surface area contributed by atoms with E-state index < -0.39 is 0 Å². The zero-order chi connectivity index (χ0) is 22.6. The van der Waals surface area contributed by atoms with Gasteiger partial charge in [-0.15, -0.1) is 11.3 Å². The molecule has 1 aromatic heterocycles. The van der Waals surface area contributed by atoms with Crippen LogP contribution in [0.5, 0.6) is 0 Å². The van der Waals surface area contributed by atoms with Crippen molar-refractivity contribution >= 4 is 40.2 Å². The molecule has 2 heterocycles. The quantitative estimate of drug-likeness (QED) is 0.429. The first-order valence-electron chi connectivity index (χ1n) is 10.7. The Labute approximate surface area is 195 Å². The van der Waals surface area contributed by atoms with Gasteiger partial charge in [0.15, 0.2) is 0 Å². The zero-order valence-corrected chi connectivity index (χ0v) is 18.6. The van der Waals surface area contributed by atoms with Gasteiger partial charge in [0.2, 0.25) is 0 Å². The molecule has 7 heteroatoms. The van der Waals surface area contributed by atoms with Crippen molar-refractivity contribution in [2.75, 3.05) is 16.8 Å². The topological polar surface area (TPSA) is 74.3 Å². The lowest BCUT2D eigenvalue weighted by Crippen LogP contribution is -2.25. The Balaban J connectivity index is 1.44. The van der Waals surface area contributed by atoms with Gasteiger partial charge in [0.25, 0.3) is 11.8 Å². The molecule has 33 heavy (non-hydrogen) atoms. The first-order chi connectivity index (χ1) is 16.2. The van der Waals surface area contributed by atoms with Crippen LogP contribution in [0.15, 0.2) is 84.5 Å². The van der Waals surface area contributed by atoms with Crippen LogP contribution in [0.3, 0.4) is 0 Å². The van der Waals surface area contributed by atoms with Gasteiger partial charge >= 0.3 is 0 Å². The molecule has 0 saturated heterocycles. The second-order valence-corrected chi connectivity index (χ2v) is 8.72. The van der Waals surface area contributed by atoms with Gasteiger partial charge in [-0.3, -0.25) is 14.6 Å². The number of carbonyl (C=O) groups excluding carboxylic acids is 2. The van der Waals surface area contributed by atoms with E-state index in [-0.39, 0.29) is 11.8 Å². The summed E-state index contributed by atoms with van der Waals surface area (Å²) in [5, 5.41) is 5.95. The van der Waals surface area contributed by atoms with Gasteiger partial charge in [0, 0.05) is 36.1 Å². The highest BCUT2D eigenvalue weighted by molar-refractivity contribution is 7.09. The summed E-state index contributed by atoms with van der Waals surface area (Å²) in [5.41, 5.74) is 6.30. The molecule has 0 atom stereocenters. The number of nitrogens with zero attached hydrogens (tertiary/aromatic N) is 2. The molecule has 0 saturated carbocycles. The van der Waals surface area contributed by atoms with Crippen molar-refractivity contribution in [3.05, 3.63) is 106 Å². The Morgan fingerprint density at radius 1 is 1.00 bits per heavy atom. The highest BCUT2D eigenvalue weighted by Gasteiger charge is 2.26. The Kier molecular flexibility index (Phi) is 5.87. The van der Waals surface area contributed by atoms with Crippen LogP contribution in [-0.2, 0) is 13.0 Å². The van der Waals surface area contributed by atoms with Crippen molar-refractivity contribution < 1.29 is 9.59 Å². The van der Waals surface area contributed by atoms with Crippen molar-refractivity contribution in [2.45, 2.75) is 13.0 Å². The van der Waals surface area contributed by atoms with Crippen LogP contribution in [-0.4, -0.2) is 23.3 Å². The Morgan fingerprint density at radius 3 is 2.64 bits per heavy atom. The first kappa shape index (κ1) is 20.9. The summed E-state index contributed by atoms with van der Waals surface area (Å²) in [6.45, 7) is 1.12. The van der Waals surface area contributed by atoms with E-state index in [1.807, 2.05) is 54.7 Å². The van der Waals surface area contributed by atoms with E-state index in [4.69, 9.17) is 0 Å². The van der Waals surface area contributed by atoms with Gasteiger partial charge < -0.3 is 15.5 Å². The molecule has 0 bridgehead atoms. The van der Waals surface area contributed by atoms with Gasteiger partial charge in [-0.1, -0.05) is 42.5 Å². The molecule has 0 unspecified atom stereocenters. The van der Waals surface area contributed by atoms with Gasteiger partial charge in [-0.05, 0) is 35.9 Å². The van der Waals surface area contributed by atoms with Crippen LogP contribution in [0.4, 0.5) is 17.1 Å². The van der Waals surface area contributed by atoms with Crippen LogP contribution in [0.1, 0.15) is 31.2 Å². The van der Waals surface area contributed by atoms with Gasteiger partial charge in [-0.2, -0.15) is 0 Å². The minimum absolute atomic E-state index is 0.173. The van der Waals surface area contributed by atoms with E-state index in [9.17, 15) is 9.59 Å². The molecular weight excluding hydrogens is 432 g/mol. The fourth-order valence-corrected chi connectivity index (χ4v) is 4.54. The van der Waals surface area contributed by atoms with E-state index in [1.165, 1.54) is 0 Å². The molecule has 1 aliphatic rings. The monoisotopic (exact) mass is 454 g/mol. The third-order valence-corrected chi connectivity index (χ3v) is 6.40. The minimum Gasteiger partial charge on any atom is -0.352 e. The van der Waals surface area contributed by atoms with Crippen LogP contribution >= 0.6 is 11.3 Å². The van der Waals surface area contributed by atoms with Gasteiger partial charge in [0.1, 0.15) is 0 Å². The molecule has 164 valence electrons. The summed E-state index contributed by atoms with van der Waals surface area (Å²) in [5.74, 6) is -0.363. The zero-order valence-electron chi connectivity index (χ0n) is 17.8. The lowest BCUT2D eigenvalue weighted by molar-refractivity contribution is 0.0952. The average Bonchev–Trinajstić information content (AvgIpc) is 3.33. The summed E-state index contributed by atoms with van der Waals surface area (Å²) >= 11 is 1.57. The summed E-state index contributed by atoms with van der Waals surface area (Å²) in [4.78, 5) is 33.1. The van der Waals surface area contributed by atoms with E-state index in [2.05, 4.69) is 32.7 Å². The van der Waals surface area contributed by atoms with Crippen molar-refractivity contribution in [2.24, 2.45) is 0 Å². The van der Waals surface area contributed by atoms with Crippen LogP contribution in [0, 0.1) is 0 Å². The van der Waals surface area contributed by atoms with Gasteiger partial charge in [-0.25, -0.2) is 0 Å². The maximum absolute atomic E-state index is 13.0. The number of benzene rings is 3. The molecule has 2 N–H and O–H groups in total. The molecule has 4 aromatic rings. The SMILES string of the molecule is O=C(NCCc1cncs1)c1ccc2c(c1)NC(=O)c1ccccc1N2Cc1ccccc1. The number of hydrogen-bond acceptors (Lipinski definition) is 5. The highest BCUT2D eigenvalue weighted by Crippen LogP contribution is 2.39. The molecule has 0 radical (unpaired) electrons. The summed E-state index contributed by atoms with van der Waals surface area (Å²) in [7, 11) is 0. The van der Waals surface area contributed by atoms with Crippen molar-refractivity contribution in [1.82, 2.24) is 10.3 Å². The van der Waals surface area contributed by atoms with Crippen molar-refractivity contribution in [1.29, 1.82) is 0 Å². The molecule has 0 fully saturated rings.